The molecule has 0 amide bonds. The molecule has 2 aromatic rings. The number of ether oxygens (including phenoxy) is 2. The number of hydrogen-bond donors (Lipinski definition) is 2. The van der Waals surface area contributed by atoms with Crippen LogP contribution >= 0.6 is 11.3 Å². The molecular weight excluding hydrogens is 546 g/mol. The van der Waals surface area contributed by atoms with E-state index in [1.807, 2.05) is 36.6 Å². The summed E-state index contributed by atoms with van der Waals surface area (Å²) < 4.78 is 75.5. The molecule has 4 rings (SSSR count). The predicted molar refractivity (Wildman–Crippen MR) is 123 cm³/mol. The Morgan fingerprint density at radius 1 is 1.08 bits per heavy atom. The molecule has 2 aliphatic heterocycles. The average Bonchev–Trinajstić information content (AvgIpc) is 3.50. The van der Waals surface area contributed by atoms with Crippen molar-refractivity contribution in [1.29, 1.82) is 0 Å². The van der Waals surface area contributed by atoms with Crippen LogP contribution in [-0.4, -0.2) is 76.8 Å². The quantitative estimate of drug-likeness (QED) is 0.503. The molecule has 212 valence electrons. The Labute approximate surface area is 217 Å². The molecule has 0 radical (unpaired) electrons. The van der Waals surface area contributed by atoms with E-state index < -0.39 is 24.3 Å². The maximum atomic E-state index is 10.6. The Morgan fingerprint density at radius 2 is 1.68 bits per heavy atom. The van der Waals surface area contributed by atoms with Crippen molar-refractivity contribution in [2.24, 2.45) is 11.8 Å². The molecule has 38 heavy (non-hydrogen) atoms. The number of carboxylic acid groups (broad SMARTS) is 2. The summed E-state index contributed by atoms with van der Waals surface area (Å²) in [5.74, 6) is -3.59. The maximum Gasteiger partial charge on any atom is 0.490 e. The second-order valence-electron chi connectivity index (χ2n) is 8.57. The molecule has 0 bridgehead atoms. The van der Waals surface area contributed by atoms with Crippen LogP contribution in [-0.2, 0) is 20.9 Å². The summed E-state index contributed by atoms with van der Waals surface area (Å²) in [4.78, 5) is 26.1. The number of pyridine rings is 1. The summed E-state index contributed by atoms with van der Waals surface area (Å²) in [6.45, 7) is 8.94. The van der Waals surface area contributed by atoms with Crippen LogP contribution in [0.1, 0.15) is 16.1 Å². The molecule has 0 aliphatic carbocycles. The number of alkyl halides is 6. The number of rotatable bonds is 5. The van der Waals surface area contributed by atoms with Crippen LogP contribution in [0.2, 0.25) is 0 Å². The van der Waals surface area contributed by atoms with Gasteiger partial charge in [-0.15, -0.1) is 11.3 Å². The molecule has 8 nitrogen and oxygen atoms in total. The van der Waals surface area contributed by atoms with Crippen molar-refractivity contribution in [3.05, 3.63) is 45.9 Å². The SMILES string of the molecule is Cc1ccc(OC[C@@H]2CO[C@@H]3CN(Cc4sccc4C)C[C@H]23)cn1.O=C(O)C(F)(F)F.O=C(O)C(F)(F)F. The molecule has 0 aromatic carbocycles. The highest BCUT2D eigenvalue weighted by atomic mass is 32.1. The second kappa shape index (κ2) is 13.2. The summed E-state index contributed by atoms with van der Waals surface area (Å²) in [7, 11) is 0. The number of carboxylic acids is 2. The number of halogens is 6. The van der Waals surface area contributed by atoms with Gasteiger partial charge in [0.05, 0.1) is 25.5 Å². The second-order valence-corrected chi connectivity index (χ2v) is 9.57. The molecule has 2 aromatic heterocycles. The molecule has 3 atom stereocenters. The number of nitrogens with zero attached hydrogens (tertiary/aromatic N) is 2. The molecular formula is C23H26F6N2O6S. The molecule has 4 heterocycles. The van der Waals surface area contributed by atoms with E-state index >= 15 is 0 Å². The van der Waals surface area contributed by atoms with Crippen LogP contribution in [0.5, 0.6) is 5.75 Å². The van der Waals surface area contributed by atoms with Gasteiger partial charge < -0.3 is 19.7 Å². The lowest BCUT2D eigenvalue weighted by atomic mass is 9.94. The number of thiophene rings is 1. The first-order chi connectivity index (χ1) is 17.6. The first-order valence-electron chi connectivity index (χ1n) is 11.1. The molecule has 2 aliphatic rings. The number of aliphatic carboxylic acids is 2. The van der Waals surface area contributed by atoms with Gasteiger partial charge in [0.15, 0.2) is 0 Å². The van der Waals surface area contributed by atoms with E-state index in [9.17, 15) is 26.3 Å². The summed E-state index contributed by atoms with van der Waals surface area (Å²) >= 11 is 1.86. The van der Waals surface area contributed by atoms with Gasteiger partial charge in [-0.3, -0.25) is 9.88 Å². The first kappa shape index (κ1) is 31.3. The van der Waals surface area contributed by atoms with Gasteiger partial charge in [-0.05, 0) is 43.0 Å². The van der Waals surface area contributed by atoms with E-state index in [0.29, 0.717) is 17.9 Å². The highest BCUT2D eigenvalue weighted by Gasteiger charge is 2.44. The number of fused-ring (bicyclic) bond motifs is 1. The van der Waals surface area contributed by atoms with Gasteiger partial charge >= 0.3 is 24.3 Å². The van der Waals surface area contributed by atoms with Crippen molar-refractivity contribution in [2.45, 2.75) is 38.8 Å². The summed E-state index contributed by atoms with van der Waals surface area (Å²) in [5, 5.41) is 16.4. The van der Waals surface area contributed by atoms with E-state index in [1.54, 1.807) is 0 Å². The van der Waals surface area contributed by atoms with Crippen molar-refractivity contribution in [3.8, 4) is 5.75 Å². The number of likely N-dealkylation sites (tertiary alicyclic amines) is 1. The minimum atomic E-state index is -5.08. The Kier molecular flexibility index (Phi) is 10.9. The lowest BCUT2D eigenvalue weighted by Gasteiger charge is -2.19. The zero-order valence-corrected chi connectivity index (χ0v) is 21.1. The van der Waals surface area contributed by atoms with Gasteiger partial charge in [-0.25, -0.2) is 9.59 Å². The zero-order chi connectivity index (χ0) is 28.7. The lowest BCUT2D eigenvalue weighted by molar-refractivity contribution is -0.193. The van der Waals surface area contributed by atoms with Crippen molar-refractivity contribution < 1.29 is 55.6 Å². The maximum absolute atomic E-state index is 10.6. The van der Waals surface area contributed by atoms with Crippen LogP contribution in [0.3, 0.4) is 0 Å². The Balaban J connectivity index is 0.000000301. The van der Waals surface area contributed by atoms with Crippen LogP contribution in [0, 0.1) is 25.7 Å². The molecule has 2 fully saturated rings. The third-order valence-electron chi connectivity index (χ3n) is 5.68. The van der Waals surface area contributed by atoms with Gasteiger partial charge in [-0.1, -0.05) is 0 Å². The standard InChI is InChI=1S/C19H24N2O2S.2C2HF3O2/c1-13-5-6-24-19(13)10-21-8-17-15(12-23-18(17)9-21)11-22-16-4-3-14(2)20-7-16;2*3-2(4,5)1(6)7/h3-7,15,17-18H,8-12H2,1-2H3;2*(H,6,7)/t15-,17-,18-;;/m1../s1. The number of aryl methyl sites for hydroxylation is 2. The van der Waals surface area contributed by atoms with Crippen molar-refractivity contribution in [3.63, 3.8) is 0 Å². The molecule has 0 spiro atoms. The fourth-order valence-electron chi connectivity index (χ4n) is 3.69. The molecule has 2 saturated heterocycles. The third kappa shape index (κ3) is 9.76. The van der Waals surface area contributed by atoms with E-state index in [0.717, 1.165) is 44.3 Å². The Morgan fingerprint density at radius 3 is 2.16 bits per heavy atom. The zero-order valence-electron chi connectivity index (χ0n) is 20.3. The normalized spacial score (nSPS) is 21.0. The fourth-order valence-corrected chi connectivity index (χ4v) is 4.64. The van der Waals surface area contributed by atoms with Crippen molar-refractivity contribution in [1.82, 2.24) is 9.88 Å². The van der Waals surface area contributed by atoms with Crippen LogP contribution in [0.15, 0.2) is 29.8 Å². The van der Waals surface area contributed by atoms with Crippen molar-refractivity contribution >= 4 is 23.3 Å². The van der Waals surface area contributed by atoms with Gasteiger partial charge in [0.25, 0.3) is 0 Å². The van der Waals surface area contributed by atoms with Gasteiger partial charge in [0.2, 0.25) is 0 Å². The summed E-state index contributed by atoms with van der Waals surface area (Å²) in [5.41, 5.74) is 2.42. The molecule has 15 heteroatoms. The van der Waals surface area contributed by atoms with E-state index in [1.165, 1.54) is 10.4 Å². The topological polar surface area (TPSA) is 109 Å². The number of aromatic nitrogens is 1. The average molecular weight is 573 g/mol. The minimum absolute atomic E-state index is 0.370. The van der Waals surface area contributed by atoms with E-state index in [4.69, 9.17) is 29.3 Å². The van der Waals surface area contributed by atoms with Crippen LogP contribution in [0.4, 0.5) is 26.3 Å². The van der Waals surface area contributed by atoms with Gasteiger partial charge in [0, 0.05) is 42.0 Å². The third-order valence-corrected chi connectivity index (χ3v) is 6.69. The summed E-state index contributed by atoms with van der Waals surface area (Å²) in [6.07, 6.45) is -7.99. The van der Waals surface area contributed by atoms with Gasteiger partial charge in [-0.2, -0.15) is 26.3 Å². The van der Waals surface area contributed by atoms with Crippen LogP contribution < -0.4 is 4.74 Å². The summed E-state index contributed by atoms with van der Waals surface area (Å²) in [6, 6.07) is 6.19. The largest absolute Gasteiger partial charge is 0.492 e. The van der Waals surface area contributed by atoms with E-state index in [-0.39, 0.29) is 0 Å². The number of hydrogen-bond acceptors (Lipinski definition) is 7. The lowest BCUT2D eigenvalue weighted by Crippen LogP contribution is -2.26. The monoisotopic (exact) mass is 572 g/mol. The first-order valence-corrected chi connectivity index (χ1v) is 12.0. The minimum Gasteiger partial charge on any atom is -0.492 e. The van der Waals surface area contributed by atoms with E-state index in [2.05, 4.69) is 28.3 Å². The fraction of sp³-hybridized carbons (Fsp3) is 0.522. The van der Waals surface area contributed by atoms with Gasteiger partial charge in [0.1, 0.15) is 5.75 Å². The number of carbonyl (C=O) groups is 2. The smallest absolute Gasteiger partial charge is 0.490 e. The highest BCUT2D eigenvalue weighted by molar-refractivity contribution is 7.10. The molecule has 0 unspecified atom stereocenters. The Hall–Kier alpha value is -2.91. The predicted octanol–water partition coefficient (Wildman–Crippen LogP) is 4.55. The molecule has 0 saturated carbocycles. The Bertz CT molecular complexity index is 1040. The molecule has 2 N–H and O–H groups in total. The van der Waals surface area contributed by atoms with Crippen molar-refractivity contribution in [2.75, 3.05) is 26.3 Å². The van der Waals surface area contributed by atoms with Crippen LogP contribution in [0.25, 0.3) is 0 Å². The highest BCUT2D eigenvalue weighted by Crippen LogP contribution is 2.35.